The lowest BCUT2D eigenvalue weighted by molar-refractivity contribution is 0.102. The molecule has 6 heteroatoms. The van der Waals surface area contributed by atoms with Crippen molar-refractivity contribution in [3.63, 3.8) is 0 Å². The first-order chi connectivity index (χ1) is 12.1. The van der Waals surface area contributed by atoms with Gasteiger partial charge in [0.1, 0.15) is 11.5 Å². The smallest absolute Gasteiger partial charge is 0.274 e. The monoisotopic (exact) mass is 336 g/mol. The molecular formula is C19H20N4O2. The summed E-state index contributed by atoms with van der Waals surface area (Å²) in [5, 5.41) is 6.06. The molecule has 0 aliphatic carbocycles. The molecule has 2 aromatic heterocycles. The first-order valence-electron chi connectivity index (χ1n) is 7.93. The number of benzene rings is 1. The molecule has 0 saturated carbocycles. The Morgan fingerprint density at radius 1 is 1.12 bits per heavy atom. The van der Waals surface area contributed by atoms with Gasteiger partial charge in [-0.05, 0) is 48.5 Å². The van der Waals surface area contributed by atoms with E-state index in [9.17, 15) is 4.79 Å². The third kappa shape index (κ3) is 4.38. The van der Waals surface area contributed by atoms with Crippen molar-refractivity contribution in [3.8, 4) is 0 Å². The van der Waals surface area contributed by atoms with Crippen molar-refractivity contribution in [2.75, 3.05) is 29.6 Å². The van der Waals surface area contributed by atoms with Crippen LogP contribution in [0.15, 0.2) is 65.4 Å². The van der Waals surface area contributed by atoms with Crippen LogP contribution < -0.4 is 15.5 Å². The summed E-state index contributed by atoms with van der Waals surface area (Å²) in [5.41, 5.74) is 2.95. The van der Waals surface area contributed by atoms with Crippen LogP contribution in [0.1, 0.15) is 16.2 Å². The summed E-state index contributed by atoms with van der Waals surface area (Å²) < 4.78 is 5.28. The molecule has 1 aromatic carbocycles. The summed E-state index contributed by atoms with van der Waals surface area (Å²) in [5.74, 6) is 0.572. The maximum Gasteiger partial charge on any atom is 0.274 e. The summed E-state index contributed by atoms with van der Waals surface area (Å²) in [6, 6.07) is 14.9. The summed E-state index contributed by atoms with van der Waals surface area (Å²) in [6.07, 6.45) is 3.23. The molecule has 25 heavy (non-hydrogen) atoms. The standard InChI is InChI=1S/C19H20N4O2/c1-23(2)16-7-5-14(6-8-16)22-19(24)18-12-15(9-10-20-18)21-13-17-4-3-11-25-17/h3-12H,13H2,1-2H3,(H,20,21)(H,22,24). The highest BCUT2D eigenvalue weighted by molar-refractivity contribution is 6.03. The summed E-state index contributed by atoms with van der Waals surface area (Å²) in [6.45, 7) is 0.546. The highest BCUT2D eigenvalue weighted by Crippen LogP contribution is 2.17. The van der Waals surface area contributed by atoms with Crippen molar-refractivity contribution in [2.45, 2.75) is 6.54 Å². The second-order valence-electron chi connectivity index (χ2n) is 5.76. The second-order valence-corrected chi connectivity index (χ2v) is 5.76. The molecule has 0 saturated heterocycles. The number of nitrogens with zero attached hydrogens (tertiary/aromatic N) is 2. The van der Waals surface area contributed by atoms with Gasteiger partial charge in [-0.2, -0.15) is 0 Å². The zero-order valence-electron chi connectivity index (χ0n) is 14.2. The minimum atomic E-state index is -0.251. The average molecular weight is 336 g/mol. The van der Waals surface area contributed by atoms with Crippen LogP contribution in [-0.4, -0.2) is 25.0 Å². The molecule has 0 spiro atoms. The molecule has 2 N–H and O–H groups in total. The second kappa shape index (κ2) is 7.53. The fraction of sp³-hybridized carbons (Fsp3) is 0.158. The van der Waals surface area contributed by atoms with Gasteiger partial charge in [-0.3, -0.25) is 9.78 Å². The number of aromatic nitrogens is 1. The lowest BCUT2D eigenvalue weighted by Gasteiger charge is -2.13. The lowest BCUT2D eigenvalue weighted by Crippen LogP contribution is -2.14. The first-order valence-corrected chi connectivity index (χ1v) is 7.93. The van der Waals surface area contributed by atoms with E-state index in [4.69, 9.17) is 4.42 Å². The largest absolute Gasteiger partial charge is 0.467 e. The van der Waals surface area contributed by atoms with Crippen LogP contribution in [0.3, 0.4) is 0 Å². The van der Waals surface area contributed by atoms with Crippen molar-refractivity contribution >= 4 is 23.0 Å². The van der Waals surface area contributed by atoms with Crippen LogP contribution in [0, 0.1) is 0 Å². The van der Waals surface area contributed by atoms with Gasteiger partial charge in [-0.1, -0.05) is 0 Å². The van der Waals surface area contributed by atoms with Crippen molar-refractivity contribution in [1.29, 1.82) is 0 Å². The van der Waals surface area contributed by atoms with Crippen LogP contribution in [0.5, 0.6) is 0 Å². The number of hydrogen-bond acceptors (Lipinski definition) is 5. The van der Waals surface area contributed by atoms with Gasteiger partial charge in [0.2, 0.25) is 0 Å². The van der Waals surface area contributed by atoms with Gasteiger partial charge in [0.25, 0.3) is 5.91 Å². The predicted molar refractivity (Wildman–Crippen MR) is 99.0 cm³/mol. The third-order valence-corrected chi connectivity index (χ3v) is 3.68. The Kier molecular flexibility index (Phi) is 4.99. The van der Waals surface area contributed by atoms with Crippen LogP contribution in [0.2, 0.25) is 0 Å². The van der Waals surface area contributed by atoms with Crippen LogP contribution in [-0.2, 0) is 6.54 Å². The summed E-state index contributed by atoms with van der Waals surface area (Å²) in [7, 11) is 3.94. The van der Waals surface area contributed by atoms with Crippen molar-refractivity contribution < 1.29 is 9.21 Å². The first kappa shape index (κ1) is 16.6. The van der Waals surface area contributed by atoms with Gasteiger partial charge >= 0.3 is 0 Å². The molecule has 6 nitrogen and oxygen atoms in total. The normalized spacial score (nSPS) is 10.3. The zero-order chi connectivity index (χ0) is 17.6. The average Bonchev–Trinajstić information content (AvgIpc) is 3.14. The van der Waals surface area contributed by atoms with E-state index in [0.29, 0.717) is 12.2 Å². The highest BCUT2D eigenvalue weighted by atomic mass is 16.3. The number of rotatable bonds is 6. The molecule has 128 valence electrons. The number of amides is 1. The van der Waals surface area contributed by atoms with Crippen molar-refractivity contribution in [1.82, 2.24) is 4.98 Å². The Bertz CT molecular complexity index is 827. The third-order valence-electron chi connectivity index (χ3n) is 3.68. The van der Waals surface area contributed by atoms with Crippen molar-refractivity contribution in [3.05, 3.63) is 72.4 Å². The molecule has 1 amide bonds. The Morgan fingerprint density at radius 3 is 2.60 bits per heavy atom. The van der Waals surface area contributed by atoms with Gasteiger partial charge in [0, 0.05) is 37.4 Å². The zero-order valence-corrected chi connectivity index (χ0v) is 14.2. The summed E-state index contributed by atoms with van der Waals surface area (Å²) in [4.78, 5) is 18.5. The molecule has 0 unspecified atom stereocenters. The molecule has 0 aliphatic heterocycles. The van der Waals surface area contributed by atoms with Gasteiger partial charge in [0.05, 0.1) is 12.8 Å². The number of nitrogens with one attached hydrogen (secondary N) is 2. The highest BCUT2D eigenvalue weighted by Gasteiger charge is 2.09. The molecular weight excluding hydrogens is 316 g/mol. The Labute approximate surface area is 146 Å². The van der Waals surface area contributed by atoms with Crippen molar-refractivity contribution in [2.24, 2.45) is 0 Å². The minimum absolute atomic E-state index is 0.251. The van der Waals surface area contributed by atoms with E-state index >= 15 is 0 Å². The van der Waals surface area contributed by atoms with E-state index in [1.807, 2.05) is 61.5 Å². The number of anilines is 3. The van der Waals surface area contributed by atoms with Crippen LogP contribution in [0.25, 0.3) is 0 Å². The minimum Gasteiger partial charge on any atom is -0.467 e. The van der Waals surface area contributed by atoms with Crippen LogP contribution >= 0.6 is 0 Å². The lowest BCUT2D eigenvalue weighted by atomic mass is 10.2. The van der Waals surface area contributed by atoms with Gasteiger partial charge in [-0.25, -0.2) is 0 Å². The predicted octanol–water partition coefficient (Wildman–Crippen LogP) is 3.61. The number of pyridine rings is 1. The molecule has 0 aliphatic rings. The van der Waals surface area contributed by atoms with Crippen LogP contribution in [0.4, 0.5) is 17.1 Å². The Balaban J connectivity index is 1.64. The number of carbonyl (C=O) groups is 1. The van der Waals surface area contributed by atoms with E-state index in [0.717, 1.165) is 22.8 Å². The maximum atomic E-state index is 12.4. The van der Waals surface area contributed by atoms with E-state index in [1.54, 1.807) is 18.5 Å². The molecule has 3 aromatic rings. The van der Waals surface area contributed by atoms with Gasteiger partial charge < -0.3 is 20.0 Å². The molecule has 2 heterocycles. The number of furan rings is 1. The number of carbonyl (C=O) groups excluding carboxylic acids is 1. The number of hydrogen-bond donors (Lipinski definition) is 2. The topological polar surface area (TPSA) is 70.4 Å². The molecule has 3 rings (SSSR count). The van der Waals surface area contributed by atoms with E-state index in [-0.39, 0.29) is 5.91 Å². The molecule has 0 atom stereocenters. The van der Waals surface area contributed by atoms with Gasteiger partial charge in [0.15, 0.2) is 0 Å². The van der Waals surface area contributed by atoms with E-state index in [2.05, 4.69) is 15.6 Å². The Hall–Kier alpha value is -3.28. The maximum absolute atomic E-state index is 12.4. The van der Waals surface area contributed by atoms with E-state index < -0.39 is 0 Å². The molecule has 0 bridgehead atoms. The Morgan fingerprint density at radius 2 is 1.92 bits per heavy atom. The fourth-order valence-corrected chi connectivity index (χ4v) is 2.31. The molecule has 0 fully saturated rings. The van der Waals surface area contributed by atoms with Gasteiger partial charge in [-0.15, -0.1) is 0 Å². The van der Waals surface area contributed by atoms with E-state index in [1.165, 1.54) is 0 Å². The fourth-order valence-electron chi connectivity index (χ4n) is 2.31. The molecule has 0 radical (unpaired) electrons. The summed E-state index contributed by atoms with van der Waals surface area (Å²) >= 11 is 0. The quantitative estimate of drug-likeness (QED) is 0.720. The SMILES string of the molecule is CN(C)c1ccc(NC(=O)c2cc(NCc3ccco3)ccn2)cc1.